The molecule has 0 aromatic heterocycles. The number of anilines is 2. The maximum absolute atomic E-state index is 8.89. The van der Waals surface area contributed by atoms with Crippen LogP contribution >= 0.6 is 11.6 Å². The molecular weight excluding hydrogens is 224 g/mol. The summed E-state index contributed by atoms with van der Waals surface area (Å²) in [7, 11) is 0. The predicted molar refractivity (Wildman–Crippen MR) is 69.8 cm³/mol. The number of hydrogen-bond acceptors (Lipinski definition) is 3. The van der Waals surface area contributed by atoms with Gasteiger partial charge in [-0.2, -0.15) is 0 Å². The Morgan fingerprint density at radius 2 is 2.25 bits per heavy atom. The van der Waals surface area contributed by atoms with Gasteiger partial charge in [0.15, 0.2) is 0 Å². The van der Waals surface area contributed by atoms with E-state index in [2.05, 4.69) is 12.2 Å². The van der Waals surface area contributed by atoms with Crippen molar-refractivity contribution in [3.8, 4) is 0 Å². The van der Waals surface area contributed by atoms with Crippen LogP contribution in [-0.4, -0.2) is 18.3 Å². The van der Waals surface area contributed by atoms with Crippen molar-refractivity contribution in [1.82, 2.24) is 0 Å². The van der Waals surface area contributed by atoms with Crippen LogP contribution in [0.3, 0.4) is 0 Å². The minimum absolute atomic E-state index is 0.232. The van der Waals surface area contributed by atoms with Gasteiger partial charge >= 0.3 is 0 Å². The van der Waals surface area contributed by atoms with Crippen LogP contribution in [0, 0.1) is 5.92 Å². The zero-order valence-electron chi connectivity index (χ0n) is 9.54. The summed E-state index contributed by atoms with van der Waals surface area (Å²) in [5, 5.41) is 12.8. The molecule has 1 atom stereocenters. The van der Waals surface area contributed by atoms with Gasteiger partial charge in [-0.1, -0.05) is 24.9 Å². The highest BCUT2D eigenvalue weighted by Gasteiger charge is 2.06. The molecule has 1 aromatic rings. The van der Waals surface area contributed by atoms with Crippen LogP contribution in [0.15, 0.2) is 18.2 Å². The number of benzene rings is 1. The molecule has 0 radical (unpaired) electrons. The molecule has 0 saturated heterocycles. The number of halogens is 1. The van der Waals surface area contributed by atoms with Crippen LogP contribution in [0.25, 0.3) is 0 Å². The van der Waals surface area contributed by atoms with Gasteiger partial charge in [-0.3, -0.25) is 0 Å². The van der Waals surface area contributed by atoms with Crippen molar-refractivity contribution in [1.29, 1.82) is 0 Å². The van der Waals surface area contributed by atoms with Crippen molar-refractivity contribution < 1.29 is 5.11 Å². The Balaban J connectivity index is 2.53. The van der Waals surface area contributed by atoms with Crippen molar-refractivity contribution in [2.75, 3.05) is 24.2 Å². The summed E-state index contributed by atoms with van der Waals surface area (Å²) >= 11 is 6.04. The number of hydrogen-bond donors (Lipinski definition) is 3. The van der Waals surface area contributed by atoms with E-state index in [1.165, 1.54) is 0 Å². The van der Waals surface area contributed by atoms with Crippen molar-refractivity contribution in [2.24, 2.45) is 5.92 Å². The number of nitrogens with one attached hydrogen (secondary N) is 1. The second-order valence-corrected chi connectivity index (χ2v) is 4.31. The van der Waals surface area contributed by atoms with Crippen LogP contribution in [0.5, 0.6) is 0 Å². The summed E-state index contributed by atoms with van der Waals surface area (Å²) in [6.07, 6.45) is 1.86. The van der Waals surface area contributed by atoms with Gasteiger partial charge < -0.3 is 16.2 Å². The third kappa shape index (κ3) is 3.91. The van der Waals surface area contributed by atoms with E-state index >= 15 is 0 Å². The van der Waals surface area contributed by atoms with Crippen molar-refractivity contribution in [2.45, 2.75) is 19.8 Å². The highest BCUT2D eigenvalue weighted by Crippen LogP contribution is 2.24. The molecule has 0 aliphatic rings. The van der Waals surface area contributed by atoms with Crippen LogP contribution in [0.2, 0.25) is 5.02 Å². The Bertz CT molecular complexity index is 331. The Labute approximate surface area is 102 Å². The molecule has 3 nitrogen and oxygen atoms in total. The molecule has 0 spiro atoms. The topological polar surface area (TPSA) is 58.3 Å². The average molecular weight is 243 g/mol. The number of aliphatic hydroxyl groups is 1. The first-order chi connectivity index (χ1) is 7.67. The number of rotatable bonds is 6. The summed E-state index contributed by atoms with van der Waals surface area (Å²) in [4.78, 5) is 0. The van der Waals surface area contributed by atoms with Gasteiger partial charge in [-0.15, -0.1) is 0 Å². The summed E-state index contributed by atoms with van der Waals surface area (Å²) in [6, 6.07) is 5.43. The lowest BCUT2D eigenvalue weighted by Crippen LogP contribution is -2.15. The van der Waals surface area contributed by atoms with Gasteiger partial charge in [0.25, 0.3) is 0 Å². The Morgan fingerprint density at radius 1 is 1.50 bits per heavy atom. The molecule has 4 N–H and O–H groups in total. The van der Waals surface area contributed by atoms with Crippen LogP contribution in [-0.2, 0) is 0 Å². The van der Waals surface area contributed by atoms with Gasteiger partial charge in [-0.05, 0) is 30.5 Å². The lowest BCUT2D eigenvalue weighted by Gasteiger charge is -2.16. The van der Waals surface area contributed by atoms with Crippen LogP contribution in [0.1, 0.15) is 19.8 Å². The molecule has 0 amide bonds. The Kier molecular flexibility index (Phi) is 5.43. The van der Waals surface area contributed by atoms with Crippen molar-refractivity contribution >= 4 is 23.0 Å². The minimum atomic E-state index is 0.232. The van der Waals surface area contributed by atoms with E-state index < -0.39 is 0 Å². The minimum Gasteiger partial charge on any atom is -0.399 e. The number of nitrogen functional groups attached to an aromatic ring is 1. The van der Waals surface area contributed by atoms with Gasteiger partial charge in [0.1, 0.15) is 0 Å². The van der Waals surface area contributed by atoms with E-state index in [0.29, 0.717) is 16.6 Å². The molecule has 0 aliphatic carbocycles. The average Bonchev–Trinajstić information content (AvgIpc) is 2.26. The lowest BCUT2D eigenvalue weighted by molar-refractivity contribution is 0.258. The van der Waals surface area contributed by atoms with Gasteiger partial charge in [-0.25, -0.2) is 0 Å². The van der Waals surface area contributed by atoms with Gasteiger partial charge in [0, 0.05) is 18.8 Å². The normalized spacial score (nSPS) is 12.4. The van der Waals surface area contributed by atoms with E-state index in [0.717, 1.165) is 25.1 Å². The monoisotopic (exact) mass is 242 g/mol. The standard InChI is InChI=1S/C12H19ClN2O/c1-2-9(5-6-16)8-15-12-4-3-10(14)7-11(12)13/h3-4,7,9,15-16H,2,5-6,8,14H2,1H3. The molecule has 0 aliphatic heterocycles. The van der Waals surface area contributed by atoms with E-state index in [1.807, 2.05) is 12.1 Å². The largest absolute Gasteiger partial charge is 0.399 e. The molecule has 0 fully saturated rings. The fourth-order valence-electron chi connectivity index (χ4n) is 1.56. The first kappa shape index (κ1) is 13.1. The third-order valence-corrected chi connectivity index (χ3v) is 3.00. The molecule has 16 heavy (non-hydrogen) atoms. The molecule has 1 aromatic carbocycles. The first-order valence-corrected chi connectivity index (χ1v) is 5.95. The fourth-order valence-corrected chi connectivity index (χ4v) is 1.82. The maximum Gasteiger partial charge on any atom is 0.0657 e. The maximum atomic E-state index is 8.89. The van der Waals surface area contributed by atoms with E-state index in [4.69, 9.17) is 22.4 Å². The van der Waals surface area contributed by atoms with E-state index in [-0.39, 0.29) is 6.61 Å². The van der Waals surface area contributed by atoms with Crippen molar-refractivity contribution in [3.63, 3.8) is 0 Å². The third-order valence-electron chi connectivity index (χ3n) is 2.69. The molecule has 90 valence electrons. The predicted octanol–water partition coefficient (Wildman–Crippen LogP) is 2.74. The van der Waals surface area contributed by atoms with Crippen LogP contribution < -0.4 is 11.1 Å². The molecule has 0 heterocycles. The fraction of sp³-hybridized carbons (Fsp3) is 0.500. The van der Waals surface area contributed by atoms with E-state index in [1.54, 1.807) is 6.07 Å². The Morgan fingerprint density at radius 3 is 2.81 bits per heavy atom. The molecule has 0 saturated carbocycles. The van der Waals surface area contributed by atoms with Gasteiger partial charge in [0.05, 0.1) is 10.7 Å². The highest BCUT2D eigenvalue weighted by atomic mass is 35.5. The van der Waals surface area contributed by atoms with Crippen molar-refractivity contribution in [3.05, 3.63) is 23.2 Å². The number of aliphatic hydroxyl groups excluding tert-OH is 1. The first-order valence-electron chi connectivity index (χ1n) is 5.57. The molecule has 0 bridgehead atoms. The lowest BCUT2D eigenvalue weighted by atomic mass is 10.0. The summed E-state index contributed by atoms with van der Waals surface area (Å²) in [5.74, 6) is 0.471. The summed E-state index contributed by atoms with van der Waals surface area (Å²) < 4.78 is 0. The molecule has 1 unspecified atom stereocenters. The molecule has 1 rings (SSSR count). The second-order valence-electron chi connectivity index (χ2n) is 3.91. The number of nitrogens with two attached hydrogens (primary N) is 1. The SMILES string of the molecule is CCC(CCO)CNc1ccc(N)cc1Cl. The zero-order chi connectivity index (χ0) is 12.0. The molecular formula is C12H19ClN2O. The zero-order valence-corrected chi connectivity index (χ0v) is 10.3. The summed E-state index contributed by atoms with van der Waals surface area (Å²) in [5.41, 5.74) is 7.17. The van der Waals surface area contributed by atoms with Gasteiger partial charge in [0.2, 0.25) is 0 Å². The van der Waals surface area contributed by atoms with E-state index in [9.17, 15) is 0 Å². The smallest absolute Gasteiger partial charge is 0.0657 e. The second kappa shape index (κ2) is 6.61. The molecule has 4 heteroatoms. The summed E-state index contributed by atoms with van der Waals surface area (Å²) in [6.45, 7) is 3.17. The highest BCUT2D eigenvalue weighted by molar-refractivity contribution is 6.33. The Hall–Kier alpha value is -0.930. The van der Waals surface area contributed by atoms with Crippen LogP contribution in [0.4, 0.5) is 11.4 Å². The quantitative estimate of drug-likeness (QED) is 0.673.